The van der Waals surface area contributed by atoms with Crippen molar-refractivity contribution in [2.45, 2.75) is 0 Å². The largest absolute Gasteiger partial charge is 0.300 e. The summed E-state index contributed by atoms with van der Waals surface area (Å²) in [7, 11) is 1.91. The highest BCUT2D eigenvalue weighted by Crippen LogP contribution is 2.12. The van der Waals surface area contributed by atoms with Crippen LogP contribution in [0.3, 0.4) is 0 Å². The first kappa shape index (κ1) is 8.77. The van der Waals surface area contributed by atoms with Crippen LogP contribution in [0.5, 0.6) is 0 Å². The molecule has 0 aromatic carbocycles. The minimum atomic E-state index is 0.910. The smallest absolute Gasteiger partial charge is 0.0936 e. The van der Waals surface area contributed by atoms with Crippen LogP contribution in [0.15, 0.2) is 31.1 Å². The minimum Gasteiger partial charge on any atom is -0.300 e. The molecule has 1 aliphatic heterocycles. The van der Waals surface area contributed by atoms with Gasteiger partial charge in [-0.1, -0.05) is 18.7 Å². The molecule has 0 fully saturated rings. The van der Waals surface area contributed by atoms with E-state index in [0.29, 0.717) is 0 Å². The van der Waals surface area contributed by atoms with Crippen molar-refractivity contribution in [1.82, 2.24) is 21.0 Å². The van der Waals surface area contributed by atoms with E-state index in [1.165, 1.54) is 0 Å². The second-order valence-corrected chi connectivity index (χ2v) is 3.07. The molecule has 0 bridgehead atoms. The molecule has 0 saturated carbocycles. The summed E-state index contributed by atoms with van der Waals surface area (Å²) >= 11 is 0. The van der Waals surface area contributed by atoms with Gasteiger partial charge in [0.15, 0.2) is 0 Å². The molecule has 0 atom stereocenters. The van der Waals surface area contributed by atoms with Crippen molar-refractivity contribution >= 4 is 11.8 Å². The molecule has 0 saturated heterocycles. The van der Waals surface area contributed by atoms with Crippen molar-refractivity contribution in [3.8, 4) is 0 Å². The maximum Gasteiger partial charge on any atom is 0.0936 e. The molecule has 0 radical (unpaired) electrons. The van der Waals surface area contributed by atoms with E-state index >= 15 is 0 Å². The van der Waals surface area contributed by atoms with Gasteiger partial charge in [0.1, 0.15) is 0 Å². The van der Waals surface area contributed by atoms with E-state index in [0.717, 1.165) is 17.0 Å². The van der Waals surface area contributed by atoms with Gasteiger partial charge >= 0.3 is 0 Å². The van der Waals surface area contributed by atoms with Gasteiger partial charge in [-0.2, -0.15) is 0 Å². The lowest BCUT2D eigenvalue weighted by Gasteiger charge is -2.05. The van der Waals surface area contributed by atoms with Crippen LogP contribution in [0.2, 0.25) is 0 Å². The Labute approximate surface area is 82.9 Å². The number of nitrogens with zero attached hydrogens (tertiary/aromatic N) is 2. The monoisotopic (exact) mass is 188 g/mol. The lowest BCUT2D eigenvalue weighted by atomic mass is 10.2. The Hall–Kier alpha value is -1.81. The van der Waals surface area contributed by atoms with Crippen molar-refractivity contribution in [3.63, 3.8) is 0 Å². The van der Waals surface area contributed by atoms with Crippen LogP contribution in [0.1, 0.15) is 11.3 Å². The van der Waals surface area contributed by atoms with E-state index in [2.05, 4.69) is 22.5 Å². The first-order valence-corrected chi connectivity index (χ1v) is 4.35. The van der Waals surface area contributed by atoms with Gasteiger partial charge in [-0.3, -0.25) is 9.99 Å². The molecule has 2 heterocycles. The maximum atomic E-state index is 4.30. The van der Waals surface area contributed by atoms with Gasteiger partial charge in [0.05, 0.1) is 11.4 Å². The van der Waals surface area contributed by atoms with Gasteiger partial charge in [0.2, 0.25) is 0 Å². The molecule has 2 N–H and O–H groups in total. The van der Waals surface area contributed by atoms with Crippen LogP contribution in [-0.4, -0.2) is 17.0 Å². The molecular formula is C10H12N4. The summed E-state index contributed by atoms with van der Waals surface area (Å²) in [4.78, 5) is 4.30. The molecule has 14 heavy (non-hydrogen) atoms. The van der Waals surface area contributed by atoms with Crippen molar-refractivity contribution in [3.05, 3.63) is 42.4 Å². The van der Waals surface area contributed by atoms with E-state index in [9.17, 15) is 0 Å². The number of rotatable bonds is 2. The number of hydrazine groups is 2. The molecule has 4 heteroatoms. The summed E-state index contributed by atoms with van der Waals surface area (Å²) in [5.74, 6) is 0. The van der Waals surface area contributed by atoms with Crippen molar-refractivity contribution in [2.24, 2.45) is 0 Å². The molecule has 0 aliphatic carbocycles. The van der Waals surface area contributed by atoms with Crippen LogP contribution < -0.4 is 11.0 Å². The Kier molecular flexibility index (Phi) is 2.20. The molecule has 0 unspecified atom stereocenters. The SMILES string of the molecule is C=Cc1ccc(C2=CN(C)NN2)nc1. The second kappa shape index (κ2) is 3.51. The number of pyridine rings is 1. The molecule has 1 aliphatic rings. The van der Waals surface area contributed by atoms with Gasteiger partial charge < -0.3 is 5.43 Å². The third kappa shape index (κ3) is 1.60. The fraction of sp³-hybridized carbons (Fsp3) is 0.100. The van der Waals surface area contributed by atoms with Crippen LogP contribution in [0.25, 0.3) is 11.8 Å². The predicted octanol–water partition coefficient (Wildman–Crippen LogP) is 0.978. The van der Waals surface area contributed by atoms with E-state index < -0.39 is 0 Å². The van der Waals surface area contributed by atoms with E-state index in [1.807, 2.05) is 30.4 Å². The minimum absolute atomic E-state index is 0.910. The van der Waals surface area contributed by atoms with Crippen molar-refractivity contribution < 1.29 is 0 Å². The van der Waals surface area contributed by atoms with Gasteiger partial charge in [-0.15, -0.1) is 5.53 Å². The van der Waals surface area contributed by atoms with Gasteiger partial charge in [-0.05, 0) is 11.6 Å². The predicted molar refractivity (Wildman–Crippen MR) is 56.3 cm³/mol. The Bertz CT molecular complexity index is 366. The number of hydrogen-bond acceptors (Lipinski definition) is 4. The lowest BCUT2D eigenvalue weighted by molar-refractivity contribution is 0.330. The van der Waals surface area contributed by atoms with Crippen molar-refractivity contribution in [1.29, 1.82) is 0 Å². The average molecular weight is 188 g/mol. The Balaban J connectivity index is 2.25. The molecule has 1 aromatic heterocycles. The Morgan fingerprint density at radius 1 is 1.50 bits per heavy atom. The van der Waals surface area contributed by atoms with Gasteiger partial charge in [0.25, 0.3) is 0 Å². The number of hydrogen-bond donors (Lipinski definition) is 2. The topological polar surface area (TPSA) is 40.2 Å². The fourth-order valence-corrected chi connectivity index (χ4v) is 1.22. The second-order valence-electron chi connectivity index (χ2n) is 3.07. The summed E-state index contributed by atoms with van der Waals surface area (Å²) in [6, 6.07) is 3.94. The van der Waals surface area contributed by atoms with Gasteiger partial charge in [-0.25, -0.2) is 0 Å². The van der Waals surface area contributed by atoms with Crippen LogP contribution in [-0.2, 0) is 0 Å². The maximum absolute atomic E-state index is 4.30. The number of nitrogens with one attached hydrogen (secondary N) is 2. The van der Waals surface area contributed by atoms with E-state index in [-0.39, 0.29) is 0 Å². The normalized spacial score (nSPS) is 14.9. The van der Waals surface area contributed by atoms with Crippen molar-refractivity contribution in [2.75, 3.05) is 7.05 Å². The third-order valence-electron chi connectivity index (χ3n) is 1.99. The highest BCUT2D eigenvalue weighted by Gasteiger charge is 2.09. The highest BCUT2D eigenvalue weighted by atomic mass is 15.7. The standard InChI is InChI=1S/C10H12N4/c1-3-8-4-5-9(11-6-8)10-7-14(2)13-12-10/h3-7,12-13H,1H2,2H3. The van der Waals surface area contributed by atoms with Crippen LogP contribution in [0, 0.1) is 0 Å². The average Bonchev–Trinajstić information content (AvgIpc) is 2.65. The molecule has 4 nitrogen and oxygen atoms in total. The molecular weight excluding hydrogens is 176 g/mol. The van der Waals surface area contributed by atoms with Gasteiger partial charge in [0, 0.05) is 19.4 Å². The molecule has 72 valence electrons. The summed E-state index contributed by atoms with van der Waals surface area (Å²) in [5, 5.41) is 1.83. The number of aromatic nitrogens is 1. The summed E-state index contributed by atoms with van der Waals surface area (Å²) in [6.07, 6.45) is 5.51. The first-order valence-electron chi connectivity index (χ1n) is 4.35. The lowest BCUT2D eigenvalue weighted by Crippen LogP contribution is -2.33. The summed E-state index contributed by atoms with van der Waals surface area (Å²) in [5.41, 5.74) is 8.83. The molecule has 0 amide bonds. The van der Waals surface area contributed by atoms with Crippen LogP contribution in [0.4, 0.5) is 0 Å². The Morgan fingerprint density at radius 2 is 2.36 bits per heavy atom. The quantitative estimate of drug-likeness (QED) is 0.725. The molecule has 2 rings (SSSR count). The summed E-state index contributed by atoms with van der Waals surface area (Å²) in [6.45, 7) is 3.68. The zero-order valence-electron chi connectivity index (χ0n) is 7.99. The highest BCUT2D eigenvalue weighted by molar-refractivity contribution is 5.62. The zero-order chi connectivity index (χ0) is 9.97. The summed E-state index contributed by atoms with van der Waals surface area (Å²) < 4.78 is 0. The van der Waals surface area contributed by atoms with E-state index in [1.54, 1.807) is 12.3 Å². The van der Waals surface area contributed by atoms with E-state index in [4.69, 9.17) is 0 Å². The van der Waals surface area contributed by atoms with Crippen LogP contribution >= 0.6 is 0 Å². The zero-order valence-corrected chi connectivity index (χ0v) is 7.99. The Morgan fingerprint density at radius 3 is 2.86 bits per heavy atom. The third-order valence-corrected chi connectivity index (χ3v) is 1.99. The first-order chi connectivity index (χ1) is 6.79. The molecule has 1 aromatic rings. The molecule has 0 spiro atoms. The fourth-order valence-electron chi connectivity index (χ4n) is 1.22.